The molecule has 1 heterocycles. The Kier molecular flexibility index (Phi) is 29.3. The molecule has 0 spiro atoms. The number of anilines is 1. The Morgan fingerprint density at radius 2 is 1.38 bits per heavy atom. The van der Waals surface area contributed by atoms with Crippen LogP contribution in [-0.2, 0) is 60.6 Å². The number of unbranched alkanes of at least 4 members (excludes halogenated alkanes) is 1. The van der Waals surface area contributed by atoms with Crippen molar-refractivity contribution in [1.82, 2.24) is 36.0 Å². The highest BCUT2D eigenvalue weighted by Gasteiger charge is 2.44. The van der Waals surface area contributed by atoms with E-state index in [1.54, 1.807) is 35.9 Å². The van der Waals surface area contributed by atoms with Gasteiger partial charge in [-0.2, -0.15) is 0 Å². The van der Waals surface area contributed by atoms with Crippen molar-refractivity contribution >= 4 is 53.1 Å². The lowest BCUT2D eigenvalue weighted by atomic mass is 9.89. The average molecular weight is 1140 g/mol. The molecule has 21 nitrogen and oxygen atoms in total. The highest BCUT2D eigenvalue weighted by atomic mass is 16.5. The summed E-state index contributed by atoms with van der Waals surface area (Å²) >= 11 is 0. The maximum atomic E-state index is 14.8. The standard InChI is InChI=1S/C60H98N10O11/c1-15-39(8)52(47(79-12)35-48(71)70-32-21-25-46(70)53(80-13)40(9)54(72)66-45(59(77)81-14)34-42-22-17-16-18-23-42)69(11)58(76)50(37(4)5)67-57(75)51(38(6)7)68(10)33-30-41-26-28-43(29-27-41)64-55(73)44(24-19-20-31-63-60(62)78)65-56(74)49(61)36(2)3/h16-18,22-23,26-29,36-40,44-47,49-53H,15,19-21,24-25,30-35,61H2,1-14H3,(H,64,73)(H,65,74)(H,66,72)(H,67,75)(H3,62,63,78). The lowest BCUT2D eigenvalue weighted by Crippen LogP contribution is -2.60. The van der Waals surface area contributed by atoms with Crippen LogP contribution in [-0.4, -0.2) is 172 Å². The second-order valence-electron chi connectivity index (χ2n) is 22.8. The second kappa shape index (κ2) is 34.3. The molecule has 1 aliphatic heterocycles. The van der Waals surface area contributed by atoms with E-state index >= 15 is 0 Å². The zero-order chi connectivity index (χ0) is 60.7. The molecule has 21 heteroatoms. The van der Waals surface area contributed by atoms with Crippen LogP contribution < -0.4 is 38.1 Å². The first-order valence-electron chi connectivity index (χ1n) is 28.8. The molecule has 81 heavy (non-hydrogen) atoms. The number of esters is 1. The number of primary amides is 1. The zero-order valence-corrected chi connectivity index (χ0v) is 50.8. The molecule has 0 aromatic heterocycles. The third-order valence-electron chi connectivity index (χ3n) is 15.8. The molecule has 454 valence electrons. The molecule has 3 rings (SSSR count). The molecule has 8 amide bonds. The number of rotatable bonds is 34. The maximum absolute atomic E-state index is 14.8. The van der Waals surface area contributed by atoms with Crippen LogP contribution in [0.4, 0.5) is 10.5 Å². The first-order chi connectivity index (χ1) is 38.3. The molecule has 2 aromatic carbocycles. The molecular weight excluding hydrogens is 1040 g/mol. The number of benzene rings is 2. The van der Waals surface area contributed by atoms with Crippen LogP contribution in [0.25, 0.3) is 0 Å². The fourth-order valence-corrected chi connectivity index (χ4v) is 10.7. The summed E-state index contributed by atoms with van der Waals surface area (Å²) in [5, 5.41) is 14.2. The first kappa shape index (κ1) is 69.1. The van der Waals surface area contributed by atoms with Crippen molar-refractivity contribution in [3.63, 3.8) is 0 Å². The minimum absolute atomic E-state index is 0.0528. The topological polar surface area (TPSA) is 286 Å². The summed E-state index contributed by atoms with van der Waals surface area (Å²) in [5.41, 5.74) is 13.6. The lowest BCUT2D eigenvalue weighted by Gasteiger charge is -2.41. The van der Waals surface area contributed by atoms with Gasteiger partial charge in [-0.3, -0.25) is 33.7 Å². The number of methoxy groups -OCH3 is 3. The summed E-state index contributed by atoms with van der Waals surface area (Å²) in [6, 6.07) is 11.0. The summed E-state index contributed by atoms with van der Waals surface area (Å²) in [6.45, 7) is 18.4. The number of urea groups is 1. The van der Waals surface area contributed by atoms with Crippen molar-refractivity contribution in [2.24, 2.45) is 41.1 Å². The number of likely N-dealkylation sites (tertiary alicyclic amines) is 1. The number of nitrogens with one attached hydrogen (secondary N) is 5. The minimum atomic E-state index is -0.927. The number of likely N-dealkylation sites (N-methyl/N-ethyl adjacent to an activating group) is 2. The van der Waals surface area contributed by atoms with E-state index in [1.165, 1.54) is 21.3 Å². The van der Waals surface area contributed by atoms with Crippen molar-refractivity contribution in [2.75, 3.05) is 60.4 Å². The quantitative estimate of drug-likeness (QED) is 0.0379. The van der Waals surface area contributed by atoms with Crippen LogP contribution in [0.3, 0.4) is 0 Å². The van der Waals surface area contributed by atoms with Crippen LogP contribution >= 0.6 is 0 Å². The smallest absolute Gasteiger partial charge is 0.328 e. The Labute approximate surface area is 481 Å². The molecule has 11 atom stereocenters. The SMILES string of the molecule is CCC(C)C(C(CC(=O)N1CCCC1C(OC)C(C)C(=O)NC(Cc1ccccc1)C(=O)OC)OC)N(C)C(=O)C(NC(=O)C(C(C)C)N(C)CCc1ccc(NC(=O)C(CCCCNC(N)=O)NC(=O)C(N)C(C)C)cc1)C(C)C. The van der Waals surface area contributed by atoms with Crippen LogP contribution in [0.1, 0.15) is 118 Å². The second-order valence-corrected chi connectivity index (χ2v) is 22.8. The minimum Gasteiger partial charge on any atom is -0.467 e. The summed E-state index contributed by atoms with van der Waals surface area (Å²) in [5.74, 6) is -4.04. The predicted octanol–water partition coefficient (Wildman–Crippen LogP) is 4.39. The first-order valence-corrected chi connectivity index (χ1v) is 28.8. The monoisotopic (exact) mass is 1130 g/mol. The maximum Gasteiger partial charge on any atom is 0.328 e. The third kappa shape index (κ3) is 21.0. The van der Waals surface area contributed by atoms with Crippen LogP contribution in [0.5, 0.6) is 0 Å². The van der Waals surface area contributed by atoms with E-state index < -0.39 is 90.1 Å². The van der Waals surface area contributed by atoms with Gasteiger partial charge in [-0.05, 0) is 92.5 Å². The van der Waals surface area contributed by atoms with E-state index in [1.807, 2.05) is 110 Å². The molecule has 0 radical (unpaired) electrons. The van der Waals surface area contributed by atoms with Gasteiger partial charge in [-0.25, -0.2) is 9.59 Å². The molecule has 1 saturated heterocycles. The number of hydrogen-bond acceptors (Lipinski definition) is 13. The normalized spacial score (nSPS) is 17.2. The summed E-state index contributed by atoms with van der Waals surface area (Å²) in [4.78, 5) is 113. The van der Waals surface area contributed by atoms with Gasteiger partial charge in [0.1, 0.15) is 18.1 Å². The molecule has 0 aliphatic carbocycles. The molecule has 1 aliphatic rings. The highest BCUT2D eigenvalue weighted by molar-refractivity contribution is 5.98. The summed E-state index contributed by atoms with van der Waals surface area (Å²) in [7, 11) is 7.91. The summed E-state index contributed by atoms with van der Waals surface area (Å²) in [6.07, 6.45) is 2.69. The van der Waals surface area contributed by atoms with Gasteiger partial charge in [0.15, 0.2) is 0 Å². The fraction of sp³-hybridized carbons (Fsp3) is 0.667. The number of ether oxygens (including phenoxy) is 3. The van der Waals surface area contributed by atoms with Crippen molar-refractivity contribution in [3.8, 4) is 0 Å². The fourth-order valence-electron chi connectivity index (χ4n) is 10.7. The number of carbonyl (C=O) groups excluding carboxylic acids is 8. The van der Waals surface area contributed by atoms with Gasteiger partial charge in [-0.15, -0.1) is 0 Å². The Hall–Kier alpha value is -6.16. The third-order valence-corrected chi connectivity index (χ3v) is 15.8. The van der Waals surface area contributed by atoms with E-state index in [9.17, 15) is 38.4 Å². The molecule has 2 aromatic rings. The van der Waals surface area contributed by atoms with E-state index in [0.717, 1.165) is 11.1 Å². The molecule has 9 N–H and O–H groups in total. The lowest BCUT2D eigenvalue weighted by molar-refractivity contribution is -0.149. The Bertz CT molecular complexity index is 2320. The van der Waals surface area contributed by atoms with Gasteiger partial charge in [0.25, 0.3) is 0 Å². The van der Waals surface area contributed by atoms with Gasteiger partial charge in [0.2, 0.25) is 35.4 Å². The Morgan fingerprint density at radius 3 is 1.94 bits per heavy atom. The predicted molar refractivity (Wildman–Crippen MR) is 313 cm³/mol. The van der Waals surface area contributed by atoms with E-state index in [-0.39, 0.29) is 54.2 Å². The van der Waals surface area contributed by atoms with Crippen molar-refractivity contribution in [3.05, 3.63) is 65.7 Å². The number of nitrogens with two attached hydrogens (primary N) is 2. The molecular formula is C60H98N10O11. The Balaban J connectivity index is 1.72. The van der Waals surface area contributed by atoms with Gasteiger partial charge >= 0.3 is 12.0 Å². The van der Waals surface area contributed by atoms with Crippen LogP contribution in [0.2, 0.25) is 0 Å². The van der Waals surface area contributed by atoms with E-state index in [0.29, 0.717) is 70.3 Å². The van der Waals surface area contributed by atoms with Crippen LogP contribution in [0.15, 0.2) is 54.6 Å². The molecule has 0 saturated carbocycles. The molecule has 0 bridgehead atoms. The highest BCUT2D eigenvalue weighted by Crippen LogP contribution is 2.30. The van der Waals surface area contributed by atoms with E-state index in [4.69, 9.17) is 25.7 Å². The number of nitrogens with zero attached hydrogens (tertiary/aromatic N) is 3. The number of carbonyl (C=O) groups is 8. The molecule has 1 fully saturated rings. The largest absolute Gasteiger partial charge is 0.467 e. The van der Waals surface area contributed by atoms with Crippen molar-refractivity contribution in [2.45, 2.75) is 175 Å². The van der Waals surface area contributed by atoms with Crippen LogP contribution in [0, 0.1) is 29.6 Å². The Morgan fingerprint density at radius 1 is 0.741 bits per heavy atom. The summed E-state index contributed by atoms with van der Waals surface area (Å²) < 4.78 is 17.1. The molecule has 11 unspecified atom stereocenters. The van der Waals surface area contributed by atoms with Gasteiger partial charge < -0.3 is 62.1 Å². The van der Waals surface area contributed by atoms with Gasteiger partial charge in [0.05, 0.1) is 55.8 Å². The van der Waals surface area contributed by atoms with Crippen molar-refractivity contribution < 1.29 is 52.6 Å². The van der Waals surface area contributed by atoms with Gasteiger partial charge in [0, 0.05) is 53.0 Å². The van der Waals surface area contributed by atoms with E-state index in [2.05, 4.69) is 26.6 Å². The average Bonchev–Trinajstić information content (AvgIpc) is 4.02. The van der Waals surface area contributed by atoms with Crippen molar-refractivity contribution in [1.29, 1.82) is 0 Å². The zero-order valence-electron chi connectivity index (χ0n) is 50.8. The number of amides is 8. The van der Waals surface area contributed by atoms with Gasteiger partial charge in [-0.1, -0.05) is 111 Å². The number of hydrogen-bond donors (Lipinski definition) is 7.